The van der Waals surface area contributed by atoms with Crippen LogP contribution >= 0.6 is 12.2 Å². The number of nitrogens with one attached hydrogen (secondary N) is 2. The fourth-order valence-corrected chi connectivity index (χ4v) is 2.72. The molecular weight excluding hydrogens is 348 g/mol. The second-order valence-electron chi connectivity index (χ2n) is 5.36. The molecule has 0 fully saturated rings. The fourth-order valence-electron chi connectivity index (χ4n) is 2.39. The number of hydrogen-bond acceptors (Lipinski definition) is 5. The predicted octanol–water partition coefficient (Wildman–Crippen LogP) is 4.05. The van der Waals surface area contributed by atoms with E-state index in [0.29, 0.717) is 22.0 Å². The van der Waals surface area contributed by atoms with E-state index in [-0.39, 0.29) is 0 Å². The molecular formula is C19H22N4O2S. The van der Waals surface area contributed by atoms with Crippen LogP contribution in [0.4, 0.5) is 11.4 Å². The minimum atomic E-state index is -0.437. The van der Waals surface area contributed by atoms with E-state index in [1.54, 1.807) is 12.3 Å². The molecule has 0 saturated heterocycles. The van der Waals surface area contributed by atoms with Crippen LogP contribution in [0.3, 0.4) is 0 Å². The van der Waals surface area contributed by atoms with E-state index in [4.69, 9.17) is 22.7 Å². The van der Waals surface area contributed by atoms with Gasteiger partial charge in [0.15, 0.2) is 0 Å². The number of esters is 1. The summed E-state index contributed by atoms with van der Waals surface area (Å²) in [6.07, 6.45) is 1.65. The van der Waals surface area contributed by atoms with E-state index in [2.05, 4.69) is 15.3 Å². The van der Waals surface area contributed by atoms with Crippen LogP contribution in [0.5, 0.6) is 0 Å². The fraction of sp³-hybridized carbons (Fsp3) is 0.211. The first-order valence-corrected chi connectivity index (χ1v) is 8.63. The Kier molecular flexibility index (Phi) is 6.30. The number of carbonyl (C=O) groups is 1. The number of hydrogen-bond donors (Lipinski definition) is 3. The summed E-state index contributed by atoms with van der Waals surface area (Å²) in [5, 5.41) is 3.94. The summed E-state index contributed by atoms with van der Waals surface area (Å²) < 4.78 is 4.70. The number of methoxy groups -OCH3 is 1. The number of nitrogen functional groups attached to an aromatic ring is 1. The Morgan fingerprint density at radius 3 is 2.69 bits per heavy atom. The maximum atomic E-state index is 11.6. The van der Waals surface area contributed by atoms with Crippen LogP contribution in [0.25, 0.3) is 11.0 Å². The first-order valence-electron chi connectivity index (χ1n) is 8.22. The maximum Gasteiger partial charge on any atom is 0.354 e. The number of aromatic amines is 1. The topological polar surface area (TPSA) is 93.0 Å². The number of nitrogens with zero attached hydrogens (tertiary/aromatic N) is 1. The van der Waals surface area contributed by atoms with Crippen LogP contribution in [0.15, 0.2) is 36.5 Å². The standard InChI is InChI=1S/C17H16N4O2S.C2H6/c1-9-3-4-11(18)7-13(9)16(24)20-12-5-10-6-14(17(22)23-2)21-15(10)19-8-12;1-2/h3-8H,18H2,1-2H3,(H,19,21)(H,20,24);1-2H3. The molecule has 7 heteroatoms. The average Bonchev–Trinajstić information content (AvgIpc) is 3.08. The lowest BCUT2D eigenvalue weighted by Gasteiger charge is -2.11. The molecule has 0 radical (unpaired) electrons. The van der Waals surface area contributed by atoms with Gasteiger partial charge in [-0.1, -0.05) is 32.1 Å². The van der Waals surface area contributed by atoms with E-state index >= 15 is 0 Å². The summed E-state index contributed by atoms with van der Waals surface area (Å²) in [6, 6.07) is 9.15. The molecule has 2 aromatic heterocycles. The van der Waals surface area contributed by atoms with Gasteiger partial charge in [-0.25, -0.2) is 9.78 Å². The molecule has 0 unspecified atom stereocenters. The van der Waals surface area contributed by atoms with Gasteiger partial charge in [-0.15, -0.1) is 0 Å². The molecule has 1 aromatic carbocycles. The van der Waals surface area contributed by atoms with Crippen molar-refractivity contribution in [2.45, 2.75) is 20.8 Å². The summed E-state index contributed by atoms with van der Waals surface area (Å²) >= 11 is 5.46. The van der Waals surface area contributed by atoms with Gasteiger partial charge in [-0.05, 0) is 36.8 Å². The number of nitrogens with two attached hydrogens (primary N) is 1. The molecule has 3 aromatic rings. The van der Waals surface area contributed by atoms with Crippen molar-refractivity contribution in [1.82, 2.24) is 9.97 Å². The van der Waals surface area contributed by atoms with E-state index < -0.39 is 5.97 Å². The van der Waals surface area contributed by atoms with Gasteiger partial charge in [0.1, 0.15) is 16.3 Å². The summed E-state index contributed by atoms with van der Waals surface area (Å²) in [6.45, 7) is 5.97. The van der Waals surface area contributed by atoms with Crippen molar-refractivity contribution in [2.24, 2.45) is 0 Å². The molecule has 136 valence electrons. The highest BCUT2D eigenvalue weighted by Crippen LogP contribution is 2.20. The number of benzene rings is 1. The second kappa shape index (κ2) is 8.44. The van der Waals surface area contributed by atoms with Gasteiger partial charge in [0.05, 0.1) is 19.0 Å². The third kappa shape index (κ3) is 4.18. The zero-order chi connectivity index (χ0) is 19.3. The van der Waals surface area contributed by atoms with Crippen LogP contribution < -0.4 is 11.1 Å². The number of ether oxygens (including phenoxy) is 1. The first kappa shape index (κ1) is 19.4. The zero-order valence-electron chi connectivity index (χ0n) is 15.2. The van der Waals surface area contributed by atoms with E-state index in [1.165, 1.54) is 7.11 Å². The SMILES string of the molecule is CC.COC(=O)c1cc2cc(NC(=S)c3cc(N)ccc3C)cnc2[nH]1. The lowest BCUT2D eigenvalue weighted by molar-refractivity contribution is 0.0595. The number of fused-ring (bicyclic) bond motifs is 1. The Morgan fingerprint density at radius 1 is 1.27 bits per heavy atom. The van der Waals surface area contributed by atoms with E-state index in [0.717, 1.165) is 22.2 Å². The Morgan fingerprint density at radius 2 is 2.00 bits per heavy atom. The molecule has 0 aliphatic carbocycles. The van der Waals surface area contributed by atoms with Gasteiger partial charge in [0, 0.05) is 16.6 Å². The van der Waals surface area contributed by atoms with Crippen molar-refractivity contribution in [3.05, 3.63) is 53.3 Å². The predicted molar refractivity (Wildman–Crippen MR) is 110 cm³/mol. The van der Waals surface area contributed by atoms with E-state index in [9.17, 15) is 4.79 Å². The van der Waals surface area contributed by atoms with Gasteiger partial charge in [0.25, 0.3) is 0 Å². The van der Waals surface area contributed by atoms with Crippen LogP contribution in [0, 0.1) is 6.92 Å². The van der Waals surface area contributed by atoms with Gasteiger partial charge in [-0.3, -0.25) is 0 Å². The van der Waals surface area contributed by atoms with Crippen molar-refractivity contribution in [1.29, 1.82) is 0 Å². The molecule has 0 amide bonds. The molecule has 6 nitrogen and oxygen atoms in total. The van der Waals surface area contributed by atoms with Crippen LogP contribution in [0.1, 0.15) is 35.5 Å². The molecule has 2 heterocycles. The number of aromatic nitrogens is 2. The lowest BCUT2D eigenvalue weighted by Crippen LogP contribution is -2.12. The number of anilines is 2. The minimum Gasteiger partial charge on any atom is -0.464 e. The Hall–Kier alpha value is -2.93. The van der Waals surface area contributed by atoms with Crippen LogP contribution in [-0.2, 0) is 4.74 Å². The third-order valence-electron chi connectivity index (χ3n) is 3.64. The summed E-state index contributed by atoms with van der Waals surface area (Å²) in [5.74, 6) is -0.437. The number of aryl methyl sites for hydroxylation is 1. The highest BCUT2D eigenvalue weighted by Gasteiger charge is 2.11. The second-order valence-corrected chi connectivity index (χ2v) is 5.77. The molecule has 0 aliphatic rings. The molecule has 0 aliphatic heterocycles. The van der Waals surface area contributed by atoms with Crippen molar-refractivity contribution < 1.29 is 9.53 Å². The quantitative estimate of drug-likeness (QED) is 0.366. The maximum absolute atomic E-state index is 11.6. The Labute approximate surface area is 157 Å². The summed E-state index contributed by atoms with van der Waals surface area (Å²) in [4.78, 5) is 19.3. The lowest BCUT2D eigenvalue weighted by atomic mass is 10.1. The smallest absolute Gasteiger partial charge is 0.354 e. The van der Waals surface area contributed by atoms with Gasteiger partial charge in [0.2, 0.25) is 0 Å². The normalized spacial score (nSPS) is 10.0. The third-order valence-corrected chi connectivity index (χ3v) is 3.96. The molecule has 0 spiro atoms. The summed E-state index contributed by atoms with van der Waals surface area (Å²) in [7, 11) is 1.33. The van der Waals surface area contributed by atoms with Crippen molar-refractivity contribution >= 4 is 45.6 Å². The summed E-state index contributed by atoms with van der Waals surface area (Å²) in [5.41, 5.74) is 10.1. The zero-order valence-corrected chi connectivity index (χ0v) is 16.0. The molecule has 0 bridgehead atoms. The first-order chi connectivity index (χ1) is 12.5. The number of carbonyl (C=O) groups excluding carboxylic acids is 1. The molecule has 26 heavy (non-hydrogen) atoms. The highest BCUT2D eigenvalue weighted by atomic mass is 32.1. The molecule has 0 atom stereocenters. The number of pyridine rings is 1. The highest BCUT2D eigenvalue weighted by molar-refractivity contribution is 7.81. The van der Waals surface area contributed by atoms with E-state index in [1.807, 2.05) is 45.0 Å². The minimum absolute atomic E-state index is 0.353. The van der Waals surface area contributed by atoms with Gasteiger partial charge < -0.3 is 20.8 Å². The molecule has 0 saturated carbocycles. The monoisotopic (exact) mass is 370 g/mol. The van der Waals surface area contributed by atoms with Crippen LogP contribution in [-0.4, -0.2) is 28.0 Å². The average molecular weight is 370 g/mol. The van der Waals surface area contributed by atoms with Crippen LogP contribution in [0.2, 0.25) is 0 Å². The van der Waals surface area contributed by atoms with Crippen molar-refractivity contribution in [3.63, 3.8) is 0 Å². The van der Waals surface area contributed by atoms with Crippen molar-refractivity contribution in [3.8, 4) is 0 Å². The Balaban J connectivity index is 0.00000117. The van der Waals surface area contributed by atoms with Crippen molar-refractivity contribution in [2.75, 3.05) is 18.2 Å². The molecule has 4 N–H and O–H groups in total. The van der Waals surface area contributed by atoms with Gasteiger partial charge in [-0.2, -0.15) is 0 Å². The number of rotatable bonds is 3. The Bertz CT molecular complexity index is 950. The number of thiocarbonyl (C=S) groups is 1. The molecule has 3 rings (SSSR count). The van der Waals surface area contributed by atoms with Gasteiger partial charge >= 0.3 is 5.97 Å². The number of H-pyrrole nitrogens is 1. The largest absolute Gasteiger partial charge is 0.464 e.